The molecule has 2 heterocycles. The first kappa shape index (κ1) is 15.0. The lowest BCUT2D eigenvalue weighted by molar-refractivity contribution is 0.0818. The van der Waals surface area contributed by atoms with Gasteiger partial charge in [-0.3, -0.25) is 4.90 Å². The average molecular weight is 302 g/mol. The Morgan fingerprint density at radius 1 is 1.42 bits per heavy atom. The maximum atomic E-state index is 11.6. The second-order valence-corrected chi connectivity index (χ2v) is 8.51. The number of likely N-dealkylation sites (N-methyl/N-ethyl adjacent to an activating group) is 1. The molecule has 0 aromatic carbocycles. The zero-order valence-electron chi connectivity index (χ0n) is 11.3. The molecule has 0 atom stereocenters. The van der Waals surface area contributed by atoms with E-state index in [1.54, 1.807) is 11.3 Å². The number of nitrogens with two attached hydrogens (primary N) is 1. The zero-order valence-corrected chi connectivity index (χ0v) is 13.0. The highest BCUT2D eigenvalue weighted by molar-refractivity contribution is 7.91. The van der Waals surface area contributed by atoms with Gasteiger partial charge in [-0.25, -0.2) is 8.42 Å². The molecule has 2 N–H and O–H groups in total. The normalized spacial score (nSPS) is 21.6. The quantitative estimate of drug-likeness (QED) is 0.895. The highest BCUT2D eigenvalue weighted by atomic mass is 32.2. The Bertz CT molecular complexity index is 483. The van der Waals surface area contributed by atoms with Crippen LogP contribution in [0.3, 0.4) is 0 Å². The number of hydrogen-bond acceptors (Lipinski definition) is 5. The second kappa shape index (κ2) is 5.91. The van der Waals surface area contributed by atoms with Crippen molar-refractivity contribution in [3.63, 3.8) is 0 Å². The van der Waals surface area contributed by atoms with Gasteiger partial charge in [0, 0.05) is 23.5 Å². The van der Waals surface area contributed by atoms with Gasteiger partial charge >= 0.3 is 0 Å². The highest BCUT2D eigenvalue weighted by Crippen LogP contribution is 2.31. The predicted octanol–water partition coefficient (Wildman–Crippen LogP) is 1.48. The summed E-state index contributed by atoms with van der Waals surface area (Å²) in [5.41, 5.74) is 5.85. The van der Waals surface area contributed by atoms with Crippen molar-refractivity contribution in [2.24, 2.45) is 5.73 Å². The third-order valence-corrected chi connectivity index (χ3v) is 6.63. The number of thiophene rings is 1. The van der Waals surface area contributed by atoms with E-state index in [4.69, 9.17) is 5.73 Å². The fourth-order valence-corrected chi connectivity index (χ4v) is 5.08. The fraction of sp³-hybridized carbons (Fsp3) is 0.692. The standard InChI is InChI=1S/C13H22N2O2S2/c1-2-15(10-12-4-3-7-18-12)13(11-14)5-8-19(16,17)9-6-13/h3-4,7H,2,5-6,8-11,14H2,1H3. The van der Waals surface area contributed by atoms with Gasteiger partial charge in [0.25, 0.3) is 0 Å². The van der Waals surface area contributed by atoms with E-state index in [1.807, 2.05) is 6.07 Å². The molecular weight excluding hydrogens is 280 g/mol. The van der Waals surface area contributed by atoms with Crippen LogP contribution in [0.25, 0.3) is 0 Å². The molecule has 1 aliphatic heterocycles. The van der Waals surface area contributed by atoms with Gasteiger partial charge in [-0.05, 0) is 30.8 Å². The van der Waals surface area contributed by atoms with Gasteiger partial charge in [0.1, 0.15) is 9.84 Å². The van der Waals surface area contributed by atoms with Crippen LogP contribution in [0.1, 0.15) is 24.6 Å². The van der Waals surface area contributed by atoms with Crippen LogP contribution in [0.5, 0.6) is 0 Å². The van der Waals surface area contributed by atoms with Crippen molar-refractivity contribution < 1.29 is 8.42 Å². The van der Waals surface area contributed by atoms with Gasteiger partial charge in [0.15, 0.2) is 0 Å². The van der Waals surface area contributed by atoms with E-state index in [9.17, 15) is 8.42 Å². The van der Waals surface area contributed by atoms with Crippen LogP contribution >= 0.6 is 11.3 Å². The minimum Gasteiger partial charge on any atom is -0.329 e. The van der Waals surface area contributed by atoms with Crippen LogP contribution in [0, 0.1) is 0 Å². The van der Waals surface area contributed by atoms with Gasteiger partial charge in [-0.2, -0.15) is 0 Å². The maximum Gasteiger partial charge on any atom is 0.150 e. The lowest BCUT2D eigenvalue weighted by Gasteiger charge is -2.45. The summed E-state index contributed by atoms with van der Waals surface area (Å²) in [7, 11) is -2.85. The smallest absolute Gasteiger partial charge is 0.150 e. The number of hydrogen-bond donors (Lipinski definition) is 1. The molecule has 19 heavy (non-hydrogen) atoms. The molecular formula is C13H22N2O2S2. The van der Waals surface area contributed by atoms with Crippen molar-refractivity contribution in [3.8, 4) is 0 Å². The van der Waals surface area contributed by atoms with Crippen LogP contribution in [0.2, 0.25) is 0 Å². The van der Waals surface area contributed by atoms with Gasteiger partial charge in [-0.1, -0.05) is 13.0 Å². The summed E-state index contributed by atoms with van der Waals surface area (Å²) in [5, 5.41) is 2.07. The van der Waals surface area contributed by atoms with E-state index in [1.165, 1.54) is 4.88 Å². The fourth-order valence-electron chi connectivity index (χ4n) is 2.77. The Kier molecular flexibility index (Phi) is 4.66. The van der Waals surface area contributed by atoms with E-state index in [2.05, 4.69) is 23.3 Å². The molecule has 0 radical (unpaired) electrons. The van der Waals surface area contributed by atoms with Crippen LogP contribution < -0.4 is 5.73 Å². The molecule has 2 rings (SSSR count). The molecule has 0 bridgehead atoms. The monoisotopic (exact) mass is 302 g/mol. The molecule has 1 aromatic rings. The molecule has 1 aliphatic rings. The summed E-state index contributed by atoms with van der Waals surface area (Å²) in [6.07, 6.45) is 1.32. The van der Waals surface area contributed by atoms with Gasteiger partial charge in [-0.15, -0.1) is 11.3 Å². The lowest BCUT2D eigenvalue weighted by Crippen LogP contribution is -2.57. The Hall–Kier alpha value is -0.430. The van der Waals surface area contributed by atoms with E-state index in [-0.39, 0.29) is 17.0 Å². The number of nitrogens with zero attached hydrogens (tertiary/aromatic N) is 1. The maximum absolute atomic E-state index is 11.6. The first-order valence-electron chi connectivity index (χ1n) is 6.69. The molecule has 0 aliphatic carbocycles. The van der Waals surface area contributed by atoms with Crippen molar-refractivity contribution in [1.82, 2.24) is 4.90 Å². The summed E-state index contributed by atoms with van der Waals surface area (Å²) in [6.45, 7) is 4.41. The van der Waals surface area contributed by atoms with Crippen molar-refractivity contribution >= 4 is 21.2 Å². The van der Waals surface area contributed by atoms with Crippen LogP contribution in [0.15, 0.2) is 17.5 Å². The third-order valence-electron chi connectivity index (χ3n) is 4.12. The van der Waals surface area contributed by atoms with Gasteiger partial charge < -0.3 is 5.73 Å². The lowest BCUT2D eigenvalue weighted by atomic mass is 9.90. The summed E-state index contributed by atoms with van der Waals surface area (Å²) in [4.78, 5) is 3.66. The largest absolute Gasteiger partial charge is 0.329 e. The summed E-state index contributed by atoms with van der Waals surface area (Å²) >= 11 is 1.74. The summed E-state index contributed by atoms with van der Waals surface area (Å²) in [6, 6.07) is 4.17. The minimum absolute atomic E-state index is 0.149. The molecule has 1 aromatic heterocycles. The first-order chi connectivity index (χ1) is 9.01. The van der Waals surface area contributed by atoms with E-state index < -0.39 is 9.84 Å². The molecule has 0 saturated carbocycles. The minimum atomic E-state index is -2.85. The van der Waals surface area contributed by atoms with Crippen molar-refractivity contribution in [2.45, 2.75) is 31.8 Å². The zero-order chi connectivity index (χ0) is 13.9. The van der Waals surface area contributed by atoms with Crippen molar-refractivity contribution in [1.29, 1.82) is 0 Å². The van der Waals surface area contributed by atoms with Crippen molar-refractivity contribution in [2.75, 3.05) is 24.6 Å². The van der Waals surface area contributed by atoms with Crippen LogP contribution in [-0.4, -0.2) is 43.5 Å². The Labute approximate surface area is 119 Å². The molecule has 6 heteroatoms. The van der Waals surface area contributed by atoms with Crippen molar-refractivity contribution in [3.05, 3.63) is 22.4 Å². The van der Waals surface area contributed by atoms with Crippen LogP contribution in [-0.2, 0) is 16.4 Å². The Morgan fingerprint density at radius 2 is 2.11 bits per heavy atom. The molecule has 4 nitrogen and oxygen atoms in total. The second-order valence-electron chi connectivity index (χ2n) is 5.17. The topological polar surface area (TPSA) is 63.4 Å². The number of rotatable bonds is 5. The predicted molar refractivity (Wildman–Crippen MR) is 80.1 cm³/mol. The molecule has 0 unspecified atom stereocenters. The highest BCUT2D eigenvalue weighted by Gasteiger charge is 2.40. The number of sulfone groups is 1. The Morgan fingerprint density at radius 3 is 2.58 bits per heavy atom. The van der Waals surface area contributed by atoms with Crippen LogP contribution in [0.4, 0.5) is 0 Å². The summed E-state index contributed by atoms with van der Waals surface area (Å²) < 4.78 is 23.2. The molecule has 0 spiro atoms. The molecule has 1 saturated heterocycles. The molecule has 1 fully saturated rings. The van der Waals surface area contributed by atoms with Gasteiger partial charge in [0.2, 0.25) is 0 Å². The third kappa shape index (κ3) is 3.37. The SMILES string of the molecule is CCN(Cc1cccs1)C1(CN)CCS(=O)(=O)CC1. The Balaban J connectivity index is 2.14. The van der Waals surface area contributed by atoms with Gasteiger partial charge in [0.05, 0.1) is 11.5 Å². The van der Waals surface area contributed by atoms with E-state index in [0.717, 1.165) is 13.1 Å². The first-order valence-corrected chi connectivity index (χ1v) is 9.39. The molecule has 0 amide bonds. The van der Waals surface area contributed by atoms with E-state index >= 15 is 0 Å². The molecule has 108 valence electrons. The van der Waals surface area contributed by atoms with E-state index in [0.29, 0.717) is 19.4 Å². The average Bonchev–Trinajstić information content (AvgIpc) is 2.90. The summed E-state index contributed by atoms with van der Waals surface area (Å²) in [5.74, 6) is 0.538.